The zero-order valence-electron chi connectivity index (χ0n) is 20.3. The quantitative estimate of drug-likeness (QED) is 0.0937. The first kappa shape index (κ1) is 36.7. The minimum Gasteiger partial charge on any atom is -0.0712 e. The van der Waals surface area contributed by atoms with Crippen LogP contribution in [0.5, 0.6) is 0 Å². The molecule has 0 amide bonds. The summed E-state index contributed by atoms with van der Waals surface area (Å²) >= 11 is 45.3. The average molecular weight is 1340 g/mol. The highest BCUT2D eigenvalue weighted by Crippen LogP contribution is 2.38. The molecule has 216 valence electrons. The molecule has 0 nitrogen and oxygen atoms in total. The van der Waals surface area contributed by atoms with E-state index in [0.717, 1.165) is 40.1 Å². The topological polar surface area (TPSA) is 0 Å². The van der Waals surface area contributed by atoms with Gasteiger partial charge in [0.05, 0.1) is 14.9 Å². The molecule has 0 unspecified atom stereocenters. The first-order chi connectivity index (χ1) is 19.3. The SMILES string of the molecule is Brc1ccc([Si](c2ccc(Br)c(C(Br)Br)c2)(c2ccc(Br)c(C(Br)Br)c2)c2ccc(Br)c(C(Br)Br)c2)cc1C(Br)Br. The maximum Gasteiger partial charge on any atom is 0.179 e. The van der Waals surface area contributed by atoms with Crippen LogP contribution in [0.25, 0.3) is 0 Å². The molecule has 0 aliphatic rings. The van der Waals surface area contributed by atoms with Crippen molar-refractivity contribution in [1.29, 1.82) is 0 Å². The zero-order chi connectivity index (χ0) is 30.2. The average Bonchev–Trinajstić information content (AvgIpc) is 2.91. The Bertz CT molecular complexity index is 1330. The van der Waals surface area contributed by atoms with Crippen molar-refractivity contribution in [3.63, 3.8) is 0 Å². The number of hydrogen-bond acceptors (Lipinski definition) is 0. The second-order valence-corrected chi connectivity index (χ2v) is 28.4. The summed E-state index contributed by atoms with van der Waals surface area (Å²) in [4.78, 5) is 0. The smallest absolute Gasteiger partial charge is 0.0712 e. The van der Waals surface area contributed by atoms with Crippen molar-refractivity contribution in [2.24, 2.45) is 0 Å². The normalized spacial score (nSPS) is 12.3. The molecule has 0 aliphatic carbocycles. The lowest BCUT2D eigenvalue weighted by molar-refractivity contribution is 1.38. The number of benzene rings is 4. The summed E-state index contributed by atoms with van der Waals surface area (Å²) in [6.07, 6.45) is 0. The summed E-state index contributed by atoms with van der Waals surface area (Å²) in [7, 11) is -2.95. The predicted octanol–water partition coefficient (Wildman–Crippen LogP) is 13.3. The lowest BCUT2D eigenvalue weighted by Crippen LogP contribution is -2.75. The number of halogens is 12. The summed E-state index contributed by atoms with van der Waals surface area (Å²) < 4.78 is 4.08. The molecule has 0 fully saturated rings. The lowest BCUT2D eigenvalue weighted by Gasteiger charge is -2.36. The van der Waals surface area contributed by atoms with Crippen LogP contribution >= 0.6 is 191 Å². The van der Waals surface area contributed by atoms with Gasteiger partial charge in [0.25, 0.3) is 0 Å². The number of alkyl halides is 8. The molecular formula is C28H16Br12Si. The summed E-state index contributed by atoms with van der Waals surface area (Å²) in [5.41, 5.74) is 4.51. The number of rotatable bonds is 8. The molecule has 0 heterocycles. The van der Waals surface area contributed by atoms with E-state index in [0.29, 0.717) is 0 Å². The van der Waals surface area contributed by atoms with E-state index in [2.05, 4.69) is 264 Å². The fourth-order valence-corrected chi connectivity index (χ4v) is 17.0. The maximum absolute atomic E-state index is 3.79. The minimum atomic E-state index is -2.95. The third kappa shape index (κ3) is 7.95. The van der Waals surface area contributed by atoms with Crippen molar-refractivity contribution in [3.8, 4) is 0 Å². The van der Waals surface area contributed by atoms with E-state index in [1.165, 1.54) is 20.7 Å². The lowest BCUT2D eigenvalue weighted by atomic mass is 10.2. The van der Waals surface area contributed by atoms with Crippen LogP contribution in [0.15, 0.2) is 90.7 Å². The van der Waals surface area contributed by atoms with Gasteiger partial charge in [0.15, 0.2) is 8.07 Å². The van der Waals surface area contributed by atoms with Crippen molar-refractivity contribution >= 4 is 220 Å². The van der Waals surface area contributed by atoms with Gasteiger partial charge < -0.3 is 0 Å². The van der Waals surface area contributed by atoms with Crippen molar-refractivity contribution in [2.75, 3.05) is 0 Å². The highest BCUT2D eigenvalue weighted by Gasteiger charge is 2.43. The van der Waals surface area contributed by atoms with E-state index in [1.807, 2.05) is 0 Å². The third-order valence-electron chi connectivity index (χ3n) is 6.66. The van der Waals surface area contributed by atoms with Gasteiger partial charge in [0.2, 0.25) is 0 Å². The van der Waals surface area contributed by atoms with Crippen molar-refractivity contribution in [1.82, 2.24) is 0 Å². The summed E-state index contributed by atoms with van der Waals surface area (Å²) in [6.45, 7) is 0. The van der Waals surface area contributed by atoms with Crippen LogP contribution in [0, 0.1) is 0 Å². The van der Waals surface area contributed by atoms with Gasteiger partial charge >= 0.3 is 0 Å². The Morgan fingerprint density at radius 1 is 0.341 bits per heavy atom. The molecule has 0 bridgehead atoms. The molecule has 0 saturated carbocycles. The molecule has 0 saturated heterocycles. The second kappa shape index (κ2) is 15.8. The molecule has 4 aromatic rings. The Morgan fingerprint density at radius 2 is 0.537 bits per heavy atom. The first-order valence-electron chi connectivity index (χ1n) is 11.6. The largest absolute Gasteiger partial charge is 0.179 e. The van der Waals surface area contributed by atoms with Gasteiger partial charge in [-0.15, -0.1) is 0 Å². The summed E-state index contributed by atoms with van der Waals surface area (Å²) in [6, 6.07) is 27.0. The molecule has 4 aromatic carbocycles. The Kier molecular flexibility index (Phi) is 14.2. The Morgan fingerprint density at radius 3 is 0.707 bits per heavy atom. The van der Waals surface area contributed by atoms with E-state index in [9.17, 15) is 0 Å². The van der Waals surface area contributed by atoms with Gasteiger partial charge in [-0.25, -0.2) is 0 Å². The maximum atomic E-state index is 3.79. The van der Waals surface area contributed by atoms with Gasteiger partial charge in [0.1, 0.15) is 0 Å². The van der Waals surface area contributed by atoms with E-state index in [1.54, 1.807) is 0 Å². The van der Waals surface area contributed by atoms with Gasteiger partial charge in [-0.05, 0) is 67.3 Å². The molecule has 0 N–H and O–H groups in total. The monoisotopic (exact) mass is 1330 g/mol. The molecule has 0 atom stereocenters. The Labute approximate surface area is 342 Å². The van der Waals surface area contributed by atoms with Crippen LogP contribution in [0.4, 0.5) is 0 Å². The van der Waals surface area contributed by atoms with Crippen molar-refractivity contribution in [3.05, 3.63) is 113 Å². The van der Waals surface area contributed by atoms with Crippen LogP contribution in [0.1, 0.15) is 37.2 Å². The second-order valence-electron chi connectivity index (χ2n) is 8.90. The third-order valence-corrected chi connectivity index (χ3v) is 18.2. The molecule has 41 heavy (non-hydrogen) atoms. The summed E-state index contributed by atoms with van der Waals surface area (Å²) in [5.74, 6) is 0. The van der Waals surface area contributed by atoms with E-state index in [4.69, 9.17) is 0 Å². The molecule has 0 spiro atoms. The van der Waals surface area contributed by atoms with E-state index in [-0.39, 0.29) is 14.9 Å². The highest BCUT2D eigenvalue weighted by molar-refractivity contribution is 9.25. The fourth-order valence-electron chi connectivity index (χ4n) is 4.78. The van der Waals surface area contributed by atoms with Gasteiger partial charge in [-0.3, -0.25) is 0 Å². The molecular weight excluding hydrogens is 1320 g/mol. The van der Waals surface area contributed by atoms with E-state index >= 15 is 0 Å². The number of hydrogen-bond donors (Lipinski definition) is 0. The van der Waals surface area contributed by atoms with Crippen LogP contribution in [0.3, 0.4) is 0 Å². The van der Waals surface area contributed by atoms with Crippen molar-refractivity contribution in [2.45, 2.75) is 14.9 Å². The van der Waals surface area contributed by atoms with Crippen molar-refractivity contribution < 1.29 is 0 Å². The molecule has 0 radical (unpaired) electrons. The summed E-state index contributed by atoms with van der Waals surface area (Å²) in [5, 5.41) is 5.04. The first-order valence-corrected chi connectivity index (χ1v) is 24.1. The van der Waals surface area contributed by atoms with Gasteiger partial charge in [-0.1, -0.05) is 240 Å². The Balaban J connectivity index is 2.28. The molecule has 13 heteroatoms. The Hall–Kier alpha value is 2.86. The molecule has 0 aromatic heterocycles. The molecule has 0 aliphatic heterocycles. The molecule has 4 rings (SSSR count). The minimum absolute atomic E-state index is 0.0177. The highest BCUT2D eigenvalue weighted by atomic mass is 79.9. The van der Waals surface area contributed by atoms with E-state index < -0.39 is 8.07 Å². The van der Waals surface area contributed by atoms with Crippen LogP contribution in [-0.4, -0.2) is 8.07 Å². The van der Waals surface area contributed by atoms with Crippen LogP contribution < -0.4 is 20.7 Å². The predicted molar refractivity (Wildman–Crippen MR) is 223 cm³/mol. The van der Waals surface area contributed by atoms with Gasteiger partial charge in [0, 0.05) is 17.9 Å². The van der Waals surface area contributed by atoms with Gasteiger partial charge in [-0.2, -0.15) is 0 Å². The van der Waals surface area contributed by atoms with Crippen LogP contribution in [0.2, 0.25) is 0 Å². The van der Waals surface area contributed by atoms with Crippen LogP contribution in [-0.2, 0) is 0 Å². The fraction of sp³-hybridized carbons (Fsp3) is 0.143. The zero-order valence-corrected chi connectivity index (χ0v) is 40.3. The standard InChI is InChI=1S/C28H16Br12Si/c29-21-5-1-13(9-17(21)25(33)34)41(14-2-6-22(30)18(10-14)26(35)36,15-3-7-23(31)19(11-15)27(37)38)16-4-8-24(32)20(12-16)28(39)40/h1-12,25-28H.